The maximum Gasteiger partial charge on any atom is 0.290 e. The van der Waals surface area contributed by atoms with Crippen LogP contribution in [0.25, 0.3) is 0 Å². The van der Waals surface area contributed by atoms with E-state index in [1.807, 2.05) is 20.8 Å². The quantitative estimate of drug-likeness (QED) is 0.249. The molecular weight excluding hydrogens is 576 g/mol. The third kappa shape index (κ3) is 7.54. The van der Waals surface area contributed by atoms with Gasteiger partial charge in [-0.1, -0.05) is 77.8 Å². The van der Waals surface area contributed by atoms with Gasteiger partial charge in [0.2, 0.25) is 29.4 Å². The number of nitrogens with zero attached hydrogens (tertiary/aromatic N) is 2. The molecule has 3 aliphatic rings. The van der Waals surface area contributed by atoms with Gasteiger partial charge in [-0.15, -0.1) is 0 Å². The number of carbonyl (C=O) groups excluding carboxylic acids is 6. The Morgan fingerprint density at radius 1 is 1.02 bits per heavy atom. The lowest BCUT2D eigenvalue weighted by molar-refractivity contribution is -0.145. The van der Waals surface area contributed by atoms with Gasteiger partial charge in [0.15, 0.2) is 0 Å². The Morgan fingerprint density at radius 2 is 1.64 bits per heavy atom. The summed E-state index contributed by atoms with van der Waals surface area (Å²) < 4.78 is 0. The monoisotopic (exact) mass is 624 g/mol. The number of Topliss-reactive ketones (excluding diaryl/α,β-unsaturated/α-hetero) is 1. The lowest BCUT2D eigenvalue weighted by atomic mass is 9.86. The van der Waals surface area contributed by atoms with Crippen molar-refractivity contribution in [1.29, 1.82) is 0 Å². The van der Waals surface area contributed by atoms with Crippen LogP contribution in [-0.4, -0.2) is 90.4 Å². The predicted molar refractivity (Wildman–Crippen MR) is 167 cm³/mol. The van der Waals surface area contributed by atoms with Crippen molar-refractivity contribution in [2.24, 2.45) is 34.3 Å². The summed E-state index contributed by atoms with van der Waals surface area (Å²) in [4.78, 5) is 82.0. The fourth-order valence-electron chi connectivity index (χ4n) is 6.35. The van der Waals surface area contributed by atoms with Crippen LogP contribution in [0.1, 0.15) is 65.5 Å². The molecule has 0 bridgehead atoms. The number of carbonyl (C=O) groups is 6. The van der Waals surface area contributed by atoms with E-state index in [4.69, 9.17) is 5.73 Å². The second-order valence-electron chi connectivity index (χ2n) is 14.7. The fraction of sp³-hybridized carbons (Fsp3) is 0.636. The summed E-state index contributed by atoms with van der Waals surface area (Å²) in [6, 6.07) is 5.03. The highest BCUT2D eigenvalue weighted by Crippen LogP contribution is 2.65. The Morgan fingerprint density at radius 3 is 2.20 bits per heavy atom. The van der Waals surface area contributed by atoms with E-state index in [2.05, 4.69) is 29.8 Å². The molecule has 0 aromatic heterocycles. The molecule has 1 saturated heterocycles. The lowest BCUT2D eigenvalue weighted by Crippen LogP contribution is -2.59. The van der Waals surface area contributed by atoms with E-state index in [1.165, 1.54) is 4.90 Å². The number of rotatable bonds is 12. The minimum atomic E-state index is -1.10. The Labute approximate surface area is 265 Å². The zero-order valence-corrected chi connectivity index (χ0v) is 27.4. The molecule has 0 spiro atoms. The first-order chi connectivity index (χ1) is 20.9. The summed E-state index contributed by atoms with van der Waals surface area (Å²) in [7, 11) is 3.15. The van der Waals surface area contributed by atoms with E-state index in [9.17, 15) is 28.8 Å². The van der Waals surface area contributed by atoms with Crippen LogP contribution in [0.15, 0.2) is 30.3 Å². The van der Waals surface area contributed by atoms with E-state index < -0.39 is 59.6 Å². The number of nitrogens with one attached hydrogen (secondary N) is 3. The Bertz CT molecular complexity index is 1330. The smallest absolute Gasteiger partial charge is 0.290 e. The summed E-state index contributed by atoms with van der Waals surface area (Å²) in [5.41, 5.74) is 6.22. The number of benzene rings is 1. The molecule has 45 heavy (non-hydrogen) atoms. The molecule has 0 radical (unpaired) electrons. The average molecular weight is 625 g/mol. The van der Waals surface area contributed by atoms with Crippen molar-refractivity contribution in [1.82, 2.24) is 25.8 Å². The normalized spacial score (nSPS) is 23.6. The van der Waals surface area contributed by atoms with Crippen LogP contribution in [0.4, 0.5) is 0 Å². The molecule has 2 aliphatic carbocycles. The van der Waals surface area contributed by atoms with Gasteiger partial charge in [0.25, 0.3) is 5.91 Å². The minimum Gasteiger partial charge on any atom is -0.347 e. The third-order valence-corrected chi connectivity index (χ3v) is 9.62. The molecule has 5 amide bonds. The Balaban J connectivity index is 1.42. The third-order valence-electron chi connectivity index (χ3n) is 9.62. The van der Waals surface area contributed by atoms with Gasteiger partial charge >= 0.3 is 0 Å². The van der Waals surface area contributed by atoms with E-state index >= 15 is 0 Å². The zero-order chi connectivity index (χ0) is 33.4. The molecule has 3 fully saturated rings. The maximum absolute atomic E-state index is 13.8. The fourth-order valence-corrected chi connectivity index (χ4v) is 6.35. The summed E-state index contributed by atoms with van der Waals surface area (Å²) in [5, 5.41) is 7.79. The van der Waals surface area contributed by atoms with Crippen molar-refractivity contribution in [3.63, 3.8) is 0 Å². The molecule has 5 N–H and O–H groups in total. The van der Waals surface area contributed by atoms with Crippen LogP contribution in [0, 0.1) is 28.6 Å². The molecular formula is C33H48N6O6. The van der Waals surface area contributed by atoms with Crippen LogP contribution >= 0.6 is 0 Å². The van der Waals surface area contributed by atoms with Gasteiger partial charge in [0.1, 0.15) is 12.1 Å². The van der Waals surface area contributed by atoms with Crippen molar-refractivity contribution >= 4 is 35.3 Å². The van der Waals surface area contributed by atoms with E-state index in [0.29, 0.717) is 12.1 Å². The van der Waals surface area contributed by atoms with Crippen LogP contribution < -0.4 is 21.7 Å². The van der Waals surface area contributed by atoms with Crippen LogP contribution in [0.3, 0.4) is 0 Å². The van der Waals surface area contributed by atoms with Crippen molar-refractivity contribution in [2.45, 2.75) is 78.0 Å². The average Bonchev–Trinajstić information content (AvgIpc) is 3.84. The van der Waals surface area contributed by atoms with Crippen molar-refractivity contribution < 1.29 is 28.8 Å². The number of ketones is 1. The number of nitrogens with two attached hydrogens (primary N) is 1. The first-order valence-corrected chi connectivity index (χ1v) is 15.7. The van der Waals surface area contributed by atoms with E-state index in [1.54, 1.807) is 49.3 Å². The summed E-state index contributed by atoms with van der Waals surface area (Å²) in [6.07, 6.45) is 2.06. The summed E-state index contributed by atoms with van der Waals surface area (Å²) in [6.45, 7) is 9.62. The maximum atomic E-state index is 13.8. The number of hydrogen-bond donors (Lipinski definition) is 4. The molecule has 1 aromatic carbocycles. The molecule has 2 saturated carbocycles. The minimum absolute atomic E-state index is 0.0785. The van der Waals surface area contributed by atoms with Gasteiger partial charge in [0.05, 0.1) is 18.6 Å². The molecule has 12 heteroatoms. The Hall–Kier alpha value is -3.80. The SMILES string of the molecule is CN(C)C(=O)[C@@H](NC(=O)CNC(=O)C(=O)C(CC1CC1)NC(=O)[C@@H]1[C@@H]2C(CN1C(=O)C(N)C(C)(C)C)C2(C)C)c1ccccc1. The molecule has 1 aromatic rings. The Kier molecular flexibility index (Phi) is 9.77. The first kappa shape index (κ1) is 34.1. The number of piperidine rings is 1. The van der Waals surface area contributed by atoms with Crippen LogP contribution in [0.2, 0.25) is 0 Å². The lowest BCUT2D eigenvalue weighted by Gasteiger charge is -2.36. The number of likely N-dealkylation sites (tertiary alicyclic amines) is 1. The number of fused-ring (bicyclic) bond motifs is 1. The van der Waals surface area contributed by atoms with Crippen molar-refractivity contribution in [3.05, 3.63) is 35.9 Å². The summed E-state index contributed by atoms with van der Waals surface area (Å²) >= 11 is 0. The van der Waals surface area contributed by atoms with Crippen LogP contribution in [0.5, 0.6) is 0 Å². The highest BCUT2D eigenvalue weighted by molar-refractivity contribution is 6.38. The van der Waals surface area contributed by atoms with Crippen LogP contribution in [-0.2, 0) is 28.8 Å². The molecule has 12 nitrogen and oxygen atoms in total. The van der Waals surface area contributed by atoms with E-state index in [0.717, 1.165) is 12.8 Å². The van der Waals surface area contributed by atoms with Gasteiger partial charge in [-0.2, -0.15) is 0 Å². The molecule has 246 valence electrons. The van der Waals surface area contributed by atoms with Crippen molar-refractivity contribution in [2.75, 3.05) is 27.2 Å². The number of amides is 5. The number of likely N-dealkylation sites (N-methyl/N-ethyl adjacent to an activating group) is 1. The van der Waals surface area contributed by atoms with Gasteiger partial charge < -0.3 is 31.5 Å². The van der Waals surface area contributed by atoms with Gasteiger partial charge in [-0.05, 0) is 40.6 Å². The largest absolute Gasteiger partial charge is 0.347 e. The first-order valence-electron chi connectivity index (χ1n) is 15.7. The highest BCUT2D eigenvalue weighted by Gasteiger charge is 2.69. The molecule has 3 unspecified atom stereocenters. The van der Waals surface area contributed by atoms with Gasteiger partial charge in [-0.25, -0.2) is 0 Å². The standard InChI is InChI=1S/C33H48N6O6/c1-32(2,3)27(34)31(45)39-17-20-23(33(20,4)5)25(39)28(42)36-21(15-18-13-14-18)26(41)29(43)35-16-22(40)37-24(30(44)38(6)7)19-11-9-8-10-12-19/h8-12,18,20-21,23-25,27H,13-17,34H2,1-7H3,(H,35,43)(H,36,42)(H,37,40)/t20?,21?,23-,24-,25-,27?/m0/s1. The van der Waals surface area contributed by atoms with E-state index in [-0.39, 0.29) is 41.4 Å². The predicted octanol–water partition coefficient (Wildman–Crippen LogP) is 0.759. The topological polar surface area (TPSA) is 171 Å². The van der Waals surface area contributed by atoms with Gasteiger partial charge in [0, 0.05) is 20.6 Å². The zero-order valence-electron chi connectivity index (χ0n) is 27.4. The van der Waals surface area contributed by atoms with Crippen molar-refractivity contribution in [3.8, 4) is 0 Å². The summed E-state index contributed by atoms with van der Waals surface area (Å²) in [5.74, 6) is -3.40. The highest BCUT2D eigenvalue weighted by atomic mass is 16.2. The number of hydrogen-bond acceptors (Lipinski definition) is 7. The second-order valence-corrected chi connectivity index (χ2v) is 14.7. The molecule has 1 aliphatic heterocycles. The van der Waals surface area contributed by atoms with Gasteiger partial charge in [-0.3, -0.25) is 28.8 Å². The molecule has 1 heterocycles. The second kappa shape index (κ2) is 12.9. The molecule has 4 rings (SSSR count). The molecule has 6 atom stereocenters.